The van der Waals surface area contributed by atoms with Crippen LogP contribution in [0.2, 0.25) is 6.55 Å². The maximum atomic E-state index is 4.98. The van der Waals surface area contributed by atoms with Crippen LogP contribution < -0.4 is 41.7 Å². The van der Waals surface area contributed by atoms with Crippen LogP contribution >= 0.6 is 0 Å². The third-order valence-corrected chi connectivity index (χ3v) is 17.6. The van der Waals surface area contributed by atoms with Gasteiger partial charge in [0.25, 0.3) is 6.71 Å². The van der Waals surface area contributed by atoms with E-state index in [4.69, 9.17) is 9.97 Å². The zero-order chi connectivity index (χ0) is 40.2. The first-order chi connectivity index (χ1) is 28.6. The fraction of sp³-hybridized carbons (Fsp3) is 0.132. The smallest absolute Gasteiger partial charge is 0.251 e. The van der Waals surface area contributed by atoms with Gasteiger partial charge < -0.3 is 9.80 Å². The maximum Gasteiger partial charge on any atom is 0.251 e. The van der Waals surface area contributed by atoms with Gasteiger partial charge in [-0.3, -0.25) is 9.97 Å². The SMILES string of the molecule is Cc1ccnc(-c2ccccc2N2c3cc(C(C)(C)C)cc4c3B3c5c2cccc5[Si](C)(c2ccccc2)c2cccc(c23)N4c2ccccc2-c2cc(C)ccn2)c1. The molecule has 8 aromatic rings. The topological polar surface area (TPSA) is 32.3 Å². The Morgan fingerprint density at radius 2 is 0.932 bits per heavy atom. The van der Waals surface area contributed by atoms with Crippen molar-refractivity contribution in [2.24, 2.45) is 0 Å². The molecule has 0 bridgehead atoms. The molecular formula is C53H45BN4Si. The largest absolute Gasteiger partial charge is 0.311 e. The normalized spacial score (nSPS) is 14.3. The number of para-hydroxylation sites is 2. The zero-order valence-corrected chi connectivity index (χ0v) is 35.5. The molecule has 284 valence electrons. The fourth-order valence-electron chi connectivity index (χ4n) is 10.3. The highest BCUT2D eigenvalue weighted by Crippen LogP contribution is 2.49. The molecule has 0 radical (unpaired) electrons. The van der Waals surface area contributed by atoms with Gasteiger partial charge in [0.15, 0.2) is 0 Å². The molecule has 0 spiro atoms. The summed E-state index contributed by atoms with van der Waals surface area (Å²) in [7, 11) is -2.58. The summed E-state index contributed by atoms with van der Waals surface area (Å²) in [6, 6.07) is 57.0. The Morgan fingerprint density at radius 1 is 0.475 bits per heavy atom. The molecule has 6 aromatic carbocycles. The van der Waals surface area contributed by atoms with Crippen molar-refractivity contribution in [3.05, 3.63) is 181 Å². The van der Waals surface area contributed by atoms with Gasteiger partial charge in [0.1, 0.15) is 8.07 Å². The molecule has 2 aromatic heterocycles. The van der Waals surface area contributed by atoms with Crippen molar-refractivity contribution >= 4 is 80.9 Å². The Morgan fingerprint density at radius 3 is 1.41 bits per heavy atom. The molecule has 5 heterocycles. The van der Waals surface area contributed by atoms with Gasteiger partial charge in [-0.25, -0.2) is 0 Å². The molecule has 3 aliphatic rings. The summed E-state index contributed by atoms with van der Waals surface area (Å²) in [5.41, 5.74) is 19.2. The van der Waals surface area contributed by atoms with Crippen LogP contribution in [0.25, 0.3) is 22.5 Å². The molecule has 0 N–H and O–H groups in total. The molecule has 4 nitrogen and oxygen atoms in total. The first-order valence-corrected chi connectivity index (χ1v) is 23.3. The van der Waals surface area contributed by atoms with E-state index >= 15 is 0 Å². The Kier molecular flexibility index (Phi) is 7.86. The van der Waals surface area contributed by atoms with Crippen LogP contribution in [0, 0.1) is 13.8 Å². The van der Waals surface area contributed by atoms with Gasteiger partial charge in [-0.05, 0) is 118 Å². The number of hydrogen-bond donors (Lipinski definition) is 0. The van der Waals surface area contributed by atoms with Crippen LogP contribution in [0.5, 0.6) is 0 Å². The monoisotopic (exact) mass is 776 g/mol. The minimum Gasteiger partial charge on any atom is -0.311 e. The van der Waals surface area contributed by atoms with E-state index in [1.165, 1.54) is 71.4 Å². The lowest BCUT2D eigenvalue weighted by Crippen LogP contribution is -2.83. The van der Waals surface area contributed by atoms with E-state index in [0.29, 0.717) is 0 Å². The number of aromatic nitrogens is 2. The van der Waals surface area contributed by atoms with E-state index < -0.39 is 8.07 Å². The molecule has 0 saturated carbocycles. The minimum atomic E-state index is -2.58. The van der Waals surface area contributed by atoms with Crippen LogP contribution in [0.4, 0.5) is 34.1 Å². The van der Waals surface area contributed by atoms with Crippen molar-refractivity contribution in [3.8, 4) is 22.5 Å². The standard InChI is InChI=1S/C53H45BN4Si/c1-34-26-28-55-40(30-34)38-18-10-12-20-42(38)57-44-22-14-24-48-51(44)54-50-46(57)32-36(53(3,4)5)33-47(50)58(43-21-13-11-19-39(43)41-31-35(2)27-29-56-41)45-23-15-25-49(52(45)54)59(48,6)37-16-8-7-9-17-37/h7-33H,1-6H3. The molecule has 0 atom stereocenters. The highest BCUT2D eigenvalue weighted by atomic mass is 28.3. The number of benzene rings is 6. The van der Waals surface area contributed by atoms with Gasteiger partial charge in [-0.2, -0.15) is 0 Å². The summed E-state index contributed by atoms with van der Waals surface area (Å²) >= 11 is 0. The lowest BCUT2D eigenvalue weighted by molar-refractivity contribution is 0.590. The van der Waals surface area contributed by atoms with Crippen molar-refractivity contribution in [2.45, 2.75) is 46.6 Å². The van der Waals surface area contributed by atoms with Crippen molar-refractivity contribution in [2.75, 3.05) is 9.80 Å². The average molecular weight is 777 g/mol. The Bertz CT molecular complexity index is 2840. The number of pyridine rings is 2. The lowest BCUT2D eigenvalue weighted by atomic mass is 9.33. The van der Waals surface area contributed by atoms with Gasteiger partial charge in [-0.1, -0.05) is 129 Å². The number of nitrogens with zero attached hydrogens (tertiary/aromatic N) is 4. The molecule has 0 amide bonds. The predicted octanol–water partition coefficient (Wildman–Crippen LogP) is 9.22. The van der Waals surface area contributed by atoms with Gasteiger partial charge in [0, 0.05) is 46.3 Å². The third-order valence-electron chi connectivity index (χ3n) is 13.1. The number of rotatable bonds is 5. The van der Waals surface area contributed by atoms with Crippen LogP contribution in [0.15, 0.2) is 164 Å². The van der Waals surface area contributed by atoms with E-state index in [9.17, 15) is 0 Å². The lowest BCUT2D eigenvalue weighted by Gasteiger charge is -2.51. The van der Waals surface area contributed by atoms with Gasteiger partial charge in [-0.15, -0.1) is 0 Å². The molecule has 0 aliphatic carbocycles. The highest BCUT2D eigenvalue weighted by molar-refractivity contribution is 7.21. The molecular weight excluding hydrogens is 732 g/mol. The number of aryl methyl sites for hydroxylation is 2. The average Bonchev–Trinajstić information content (AvgIpc) is 3.25. The summed E-state index contributed by atoms with van der Waals surface area (Å²) < 4.78 is 0. The van der Waals surface area contributed by atoms with Crippen molar-refractivity contribution in [1.82, 2.24) is 9.97 Å². The van der Waals surface area contributed by atoms with Crippen molar-refractivity contribution in [3.63, 3.8) is 0 Å². The maximum absolute atomic E-state index is 4.98. The van der Waals surface area contributed by atoms with E-state index in [0.717, 1.165) is 33.9 Å². The van der Waals surface area contributed by atoms with Crippen molar-refractivity contribution < 1.29 is 0 Å². The number of hydrogen-bond acceptors (Lipinski definition) is 4. The number of anilines is 6. The molecule has 11 rings (SSSR count). The molecule has 0 saturated heterocycles. The molecule has 6 heteroatoms. The van der Waals surface area contributed by atoms with Crippen LogP contribution in [-0.4, -0.2) is 24.8 Å². The second-order valence-corrected chi connectivity index (χ2v) is 21.6. The summed E-state index contributed by atoms with van der Waals surface area (Å²) in [6.45, 7) is 14.0. The molecule has 59 heavy (non-hydrogen) atoms. The second kappa shape index (κ2) is 13.0. The Balaban J connectivity index is 1.31. The van der Waals surface area contributed by atoms with E-state index in [2.05, 4.69) is 203 Å². The van der Waals surface area contributed by atoms with Gasteiger partial charge in [0.05, 0.1) is 22.8 Å². The summed E-state index contributed by atoms with van der Waals surface area (Å²) in [5, 5.41) is 4.40. The first-order valence-electron chi connectivity index (χ1n) is 20.8. The minimum absolute atomic E-state index is 0.0525. The zero-order valence-electron chi connectivity index (χ0n) is 34.5. The van der Waals surface area contributed by atoms with E-state index in [-0.39, 0.29) is 12.1 Å². The molecule has 0 unspecified atom stereocenters. The van der Waals surface area contributed by atoms with Gasteiger partial charge in [0.2, 0.25) is 0 Å². The van der Waals surface area contributed by atoms with E-state index in [1.807, 2.05) is 12.4 Å². The van der Waals surface area contributed by atoms with E-state index in [1.54, 1.807) is 0 Å². The van der Waals surface area contributed by atoms with Crippen molar-refractivity contribution in [1.29, 1.82) is 0 Å². The van der Waals surface area contributed by atoms with Crippen LogP contribution in [-0.2, 0) is 5.41 Å². The van der Waals surface area contributed by atoms with Gasteiger partial charge >= 0.3 is 0 Å². The predicted molar refractivity (Wildman–Crippen MR) is 252 cm³/mol. The Hall–Kier alpha value is -6.50. The first kappa shape index (κ1) is 35.6. The van der Waals surface area contributed by atoms with Crippen LogP contribution in [0.1, 0.15) is 37.5 Å². The Labute approximate surface area is 349 Å². The highest BCUT2D eigenvalue weighted by Gasteiger charge is 2.54. The molecule has 0 fully saturated rings. The fourth-order valence-corrected chi connectivity index (χ4v) is 14.5. The molecule has 3 aliphatic heterocycles. The third kappa shape index (κ3) is 5.22. The quantitative estimate of drug-likeness (QED) is 0.163. The summed E-state index contributed by atoms with van der Waals surface area (Å²) in [6.07, 6.45) is 3.88. The second-order valence-electron chi connectivity index (χ2n) is 17.7. The summed E-state index contributed by atoms with van der Waals surface area (Å²) in [4.78, 5) is 15.1. The summed E-state index contributed by atoms with van der Waals surface area (Å²) in [5.74, 6) is 0. The van der Waals surface area contributed by atoms with Crippen LogP contribution in [0.3, 0.4) is 0 Å².